The molecule has 1 aromatic heterocycles. The maximum absolute atomic E-state index is 6.36. The van der Waals surface area contributed by atoms with Crippen LogP contribution in [0.15, 0.2) is 39.4 Å². The summed E-state index contributed by atoms with van der Waals surface area (Å²) in [6.07, 6.45) is 2.53. The van der Waals surface area contributed by atoms with Crippen molar-refractivity contribution in [3.63, 3.8) is 0 Å². The first-order valence-corrected chi connectivity index (χ1v) is 7.91. The molecule has 0 aliphatic carbocycles. The number of halogens is 2. The summed E-state index contributed by atoms with van der Waals surface area (Å²) < 4.78 is 9.02. The van der Waals surface area contributed by atoms with Crippen molar-refractivity contribution in [1.29, 1.82) is 0 Å². The molecule has 108 valence electrons. The molecular formula is C14H17Br2N3O. The molecule has 2 rings (SSSR count). The molecular weight excluding hydrogens is 386 g/mol. The fourth-order valence-corrected chi connectivity index (χ4v) is 3.13. The van der Waals surface area contributed by atoms with Gasteiger partial charge in [-0.15, -0.1) is 0 Å². The number of hydrogen-bond acceptors (Lipinski definition) is 3. The van der Waals surface area contributed by atoms with Crippen molar-refractivity contribution in [2.24, 2.45) is 5.73 Å². The van der Waals surface area contributed by atoms with Gasteiger partial charge in [0.15, 0.2) is 0 Å². The summed E-state index contributed by atoms with van der Waals surface area (Å²) in [7, 11) is 1.68. The van der Waals surface area contributed by atoms with Gasteiger partial charge in [0.1, 0.15) is 0 Å². The molecule has 0 bridgehead atoms. The molecule has 0 amide bonds. The zero-order valence-electron chi connectivity index (χ0n) is 11.2. The van der Waals surface area contributed by atoms with Gasteiger partial charge in [0.2, 0.25) is 0 Å². The van der Waals surface area contributed by atoms with Gasteiger partial charge in [-0.3, -0.25) is 4.68 Å². The van der Waals surface area contributed by atoms with Crippen molar-refractivity contribution in [1.82, 2.24) is 9.78 Å². The molecule has 1 heterocycles. The first-order chi connectivity index (χ1) is 9.63. The maximum Gasteiger partial charge on any atom is 0.0697 e. The summed E-state index contributed by atoms with van der Waals surface area (Å²) in [6, 6.07) is 8.00. The summed E-state index contributed by atoms with van der Waals surface area (Å²) in [6.45, 7) is 1.31. The van der Waals surface area contributed by atoms with Gasteiger partial charge in [0.05, 0.1) is 35.6 Å². The third-order valence-electron chi connectivity index (χ3n) is 3.09. The Bertz CT molecular complexity index is 571. The number of ether oxygens (including phenoxy) is 1. The van der Waals surface area contributed by atoms with Crippen LogP contribution in [0.1, 0.15) is 17.3 Å². The summed E-state index contributed by atoms with van der Waals surface area (Å²) >= 11 is 7.08. The van der Waals surface area contributed by atoms with Crippen LogP contribution in [0.4, 0.5) is 0 Å². The average Bonchev–Trinajstić information content (AvgIpc) is 2.80. The van der Waals surface area contributed by atoms with Gasteiger partial charge >= 0.3 is 0 Å². The highest BCUT2D eigenvalue weighted by molar-refractivity contribution is 9.10. The standard InChI is InChI=1S/C14H17Br2N3O/c1-20-7-6-19-14(12(16)9-18-19)13(17)8-10-4-2-3-5-11(10)15/h2-5,9,13H,6-8,17H2,1H3. The quantitative estimate of drug-likeness (QED) is 0.806. The zero-order chi connectivity index (χ0) is 14.5. The highest BCUT2D eigenvalue weighted by atomic mass is 79.9. The molecule has 6 heteroatoms. The van der Waals surface area contributed by atoms with Crippen LogP contribution in [0.25, 0.3) is 0 Å². The van der Waals surface area contributed by atoms with E-state index in [0.29, 0.717) is 13.2 Å². The van der Waals surface area contributed by atoms with Crippen LogP contribution in [-0.4, -0.2) is 23.5 Å². The molecule has 0 aliphatic rings. The maximum atomic E-state index is 6.36. The number of nitrogens with zero attached hydrogens (tertiary/aromatic N) is 2. The predicted octanol–water partition coefficient (Wildman–Crippen LogP) is 3.30. The van der Waals surface area contributed by atoms with E-state index in [1.165, 1.54) is 5.56 Å². The van der Waals surface area contributed by atoms with Crippen LogP contribution in [0.5, 0.6) is 0 Å². The Morgan fingerprint density at radius 1 is 1.30 bits per heavy atom. The van der Waals surface area contributed by atoms with Crippen LogP contribution in [0.3, 0.4) is 0 Å². The van der Waals surface area contributed by atoms with Gasteiger partial charge in [-0.2, -0.15) is 5.10 Å². The van der Waals surface area contributed by atoms with Crippen molar-refractivity contribution in [2.45, 2.75) is 19.0 Å². The third kappa shape index (κ3) is 3.69. The molecule has 0 fully saturated rings. The van der Waals surface area contributed by atoms with E-state index >= 15 is 0 Å². The highest BCUT2D eigenvalue weighted by Gasteiger charge is 2.17. The van der Waals surface area contributed by atoms with Crippen LogP contribution in [-0.2, 0) is 17.7 Å². The second-order valence-corrected chi connectivity index (χ2v) is 6.20. The summed E-state index contributed by atoms with van der Waals surface area (Å²) in [5, 5.41) is 4.34. The Morgan fingerprint density at radius 2 is 2.05 bits per heavy atom. The van der Waals surface area contributed by atoms with E-state index in [9.17, 15) is 0 Å². The number of methoxy groups -OCH3 is 1. The topological polar surface area (TPSA) is 53.1 Å². The SMILES string of the molecule is COCCn1ncc(Br)c1C(N)Cc1ccccc1Br. The van der Waals surface area contributed by atoms with Gasteiger partial charge in [0, 0.05) is 11.6 Å². The van der Waals surface area contributed by atoms with E-state index in [2.05, 4.69) is 43.0 Å². The lowest BCUT2D eigenvalue weighted by molar-refractivity contribution is 0.182. The van der Waals surface area contributed by atoms with Gasteiger partial charge < -0.3 is 10.5 Å². The van der Waals surface area contributed by atoms with Crippen LogP contribution in [0, 0.1) is 0 Å². The fourth-order valence-electron chi connectivity index (χ4n) is 2.09. The van der Waals surface area contributed by atoms with E-state index in [1.807, 2.05) is 22.9 Å². The molecule has 1 atom stereocenters. The largest absolute Gasteiger partial charge is 0.383 e. The molecule has 4 nitrogen and oxygen atoms in total. The normalized spacial score (nSPS) is 12.6. The van der Waals surface area contributed by atoms with Crippen LogP contribution < -0.4 is 5.73 Å². The highest BCUT2D eigenvalue weighted by Crippen LogP contribution is 2.27. The van der Waals surface area contributed by atoms with Gasteiger partial charge in [0.25, 0.3) is 0 Å². The Labute approximate surface area is 135 Å². The predicted molar refractivity (Wildman–Crippen MR) is 86.6 cm³/mol. The Balaban J connectivity index is 2.18. The number of hydrogen-bond donors (Lipinski definition) is 1. The Hall–Kier alpha value is -0.690. The fraction of sp³-hybridized carbons (Fsp3) is 0.357. The molecule has 0 saturated carbocycles. The minimum absolute atomic E-state index is 0.123. The van der Waals surface area contributed by atoms with Crippen molar-refractivity contribution in [3.8, 4) is 0 Å². The molecule has 2 N–H and O–H groups in total. The van der Waals surface area contributed by atoms with E-state index in [1.54, 1.807) is 13.3 Å². The second-order valence-electron chi connectivity index (χ2n) is 4.50. The van der Waals surface area contributed by atoms with Gasteiger partial charge in [-0.05, 0) is 34.0 Å². The second kappa shape index (κ2) is 7.36. The van der Waals surface area contributed by atoms with Crippen molar-refractivity contribution in [2.75, 3.05) is 13.7 Å². The van der Waals surface area contributed by atoms with E-state index in [0.717, 1.165) is 21.1 Å². The molecule has 1 unspecified atom stereocenters. The molecule has 20 heavy (non-hydrogen) atoms. The lowest BCUT2D eigenvalue weighted by Crippen LogP contribution is -2.20. The van der Waals surface area contributed by atoms with E-state index < -0.39 is 0 Å². The van der Waals surface area contributed by atoms with E-state index in [-0.39, 0.29) is 6.04 Å². The molecule has 2 aromatic rings. The Morgan fingerprint density at radius 3 is 2.75 bits per heavy atom. The minimum Gasteiger partial charge on any atom is -0.383 e. The monoisotopic (exact) mass is 401 g/mol. The number of aromatic nitrogens is 2. The first-order valence-electron chi connectivity index (χ1n) is 6.32. The number of rotatable bonds is 6. The molecule has 0 radical (unpaired) electrons. The molecule has 0 aliphatic heterocycles. The number of benzene rings is 1. The Kier molecular flexibility index (Phi) is 5.77. The van der Waals surface area contributed by atoms with Crippen LogP contribution >= 0.6 is 31.9 Å². The van der Waals surface area contributed by atoms with Crippen LogP contribution in [0.2, 0.25) is 0 Å². The molecule has 0 spiro atoms. The molecule has 1 aromatic carbocycles. The van der Waals surface area contributed by atoms with Crippen molar-refractivity contribution >= 4 is 31.9 Å². The summed E-state index contributed by atoms with van der Waals surface area (Å²) in [5.41, 5.74) is 8.55. The summed E-state index contributed by atoms with van der Waals surface area (Å²) in [5.74, 6) is 0. The van der Waals surface area contributed by atoms with Crippen molar-refractivity contribution < 1.29 is 4.74 Å². The van der Waals surface area contributed by atoms with Gasteiger partial charge in [-0.1, -0.05) is 34.1 Å². The summed E-state index contributed by atoms with van der Waals surface area (Å²) in [4.78, 5) is 0. The molecule has 0 saturated heterocycles. The average molecular weight is 403 g/mol. The lowest BCUT2D eigenvalue weighted by atomic mass is 10.0. The zero-order valence-corrected chi connectivity index (χ0v) is 14.4. The third-order valence-corrected chi connectivity index (χ3v) is 4.47. The lowest BCUT2D eigenvalue weighted by Gasteiger charge is -2.16. The van der Waals surface area contributed by atoms with Crippen molar-refractivity contribution in [3.05, 3.63) is 50.7 Å². The first kappa shape index (κ1) is 15.7. The smallest absolute Gasteiger partial charge is 0.0697 e. The van der Waals surface area contributed by atoms with Gasteiger partial charge in [-0.25, -0.2) is 0 Å². The number of nitrogens with two attached hydrogens (primary N) is 1. The minimum atomic E-state index is -0.123. The van der Waals surface area contributed by atoms with E-state index in [4.69, 9.17) is 10.5 Å².